The summed E-state index contributed by atoms with van der Waals surface area (Å²) in [7, 11) is -2.40. The van der Waals surface area contributed by atoms with Crippen molar-refractivity contribution in [3.63, 3.8) is 0 Å². The van der Waals surface area contributed by atoms with Gasteiger partial charge >= 0.3 is 0 Å². The zero-order valence-electron chi connectivity index (χ0n) is 4.96. The first-order valence-corrected chi connectivity index (χ1v) is 4.08. The van der Waals surface area contributed by atoms with Crippen LogP contribution in [0.3, 0.4) is 0 Å². The van der Waals surface area contributed by atoms with Crippen molar-refractivity contribution in [1.29, 1.82) is 0 Å². The minimum atomic E-state index is -2.40. The molecule has 1 aliphatic heterocycles. The molecule has 0 aromatic carbocycles. The van der Waals surface area contributed by atoms with Crippen LogP contribution < -0.4 is 10.0 Å². The molecule has 1 fully saturated rings. The highest BCUT2D eigenvalue weighted by Crippen LogP contribution is 1.95. The van der Waals surface area contributed by atoms with E-state index in [0.717, 1.165) is 19.5 Å². The molecule has 0 bridgehead atoms. The molecule has 0 radical (unpaired) electrons. The molecule has 1 aliphatic rings. The minimum Gasteiger partial charge on any atom is -0.315 e. The summed E-state index contributed by atoms with van der Waals surface area (Å²) in [6.07, 6.45) is 0.906. The fourth-order valence-corrected chi connectivity index (χ4v) is 1.43. The van der Waals surface area contributed by atoms with Crippen molar-refractivity contribution < 1.29 is 8.42 Å². The van der Waals surface area contributed by atoms with Crippen molar-refractivity contribution in [2.24, 2.45) is 0 Å². The van der Waals surface area contributed by atoms with Gasteiger partial charge in [-0.25, -0.2) is 13.1 Å². The largest absolute Gasteiger partial charge is 0.315 e. The van der Waals surface area contributed by atoms with Crippen LogP contribution in [0.2, 0.25) is 0 Å². The van der Waals surface area contributed by atoms with Gasteiger partial charge in [0.05, 0.1) is 0 Å². The number of rotatable bonds is 2. The number of thiol groups is 1. The van der Waals surface area contributed by atoms with Crippen LogP contribution in [-0.4, -0.2) is 27.5 Å². The second-order valence-corrected chi connectivity index (χ2v) is 2.85. The molecule has 0 aromatic rings. The Hall–Kier alpha value is -0.130. The molecule has 54 valence electrons. The van der Waals surface area contributed by atoms with Gasteiger partial charge in [0.15, 0.2) is 0 Å². The zero-order chi connectivity index (χ0) is 6.69. The van der Waals surface area contributed by atoms with Gasteiger partial charge in [0, 0.05) is 12.6 Å². The summed E-state index contributed by atoms with van der Waals surface area (Å²) in [4.78, 5) is 0. The molecule has 0 spiro atoms. The summed E-state index contributed by atoms with van der Waals surface area (Å²) in [5, 5.41) is 3.05. The Morgan fingerprint density at radius 2 is 2.33 bits per heavy atom. The summed E-state index contributed by atoms with van der Waals surface area (Å²) in [5.41, 5.74) is 0. The first-order chi connectivity index (χ1) is 4.29. The van der Waals surface area contributed by atoms with E-state index in [1.807, 2.05) is 0 Å². The molecule has 0 aliphatic carbocycles. The van der Waals surface area contributed by atoms with Crippen LogP contribution in [0.5, 0.6) is 0 Å². The van der Waals surface area contributed by atoms with Gasteiger partial charge in [-0.2, -0.15) is 0 Å². The lowest BCUT2D eigenvalue weighted by molar-refractivity contribution is 0.580. The summed E-state index contributed by atoms with van der Waals surface area (Å²) < 4.78 is 22.5. The van der Waals surface area contributed by atoms with Gasteiger partial charge in [-0.3, -0.25) is 0 Å². The normalized spacial score (nSPS) is 27.4. The maximum Gasteiger partial charge on any atom is 0.201 e. The van der Waals surface area contributed by atoms with Gasteiger partial charge in [0.2, 0.25) is 10.9 Å². The Labute approximate surface area is 55.7 Å². The summed E-state index contributed by atoms with van der Waals surface area (Å²) in [6, 6.07) is 0.131. The standard InChI is InChI=1S/C4H10N2O2S/c7-9(8)6-4-1-2-5-3-4/h4-5,9H,1-3H2,(H,6,7,8). The van der Waals surface area contributed by atoms with Crippen LogP contribution in [0.1, 0.15) is 6.42 Å². The second-order valence-electron chi connectivity index (χ2n) is 2.08. The van der Waals surface area contributed by atoms with Crippen molar-refractivity contribution in [3.05, 3.63) is 0 Å². The topological polar surface area (TPSA) is 58.2 Å². The van der Waals surface area contributed by atoms with Gasteiger partial charge in [-0.05, 0) is 13.0 Å². The van der Waals surface area contributed by atoms with Crippen molar-refractivity contribution in [2.45, 2.75) is 12.5 Å². The van der Waals surface area contributed by atoms with E-state index in [2.05, 4.69) is 10.0 Å². The first-order valence-electron chi connectivity index (χ1n) is 2.90. The van der Waals surface area contributed by atoms with E-state index in [-0.39, 0.29) is 6.04 Å². The fraction of sp³-hybridized carbons (Fsp3) is 1.00. The van der Waals surface area contributed by atoms with E-state index in [0.29, 0.717) is 0 Å². The van der Waals surface area contributed by atoms with Crippen molar-refractivity contribution in [1.82, 2.24) is 10.0 Å². The highest BCUT2D eigenvalue weighted by Gasteiger charge is 2.13. The molecule has 1 heterocycles. The summed E-state index contributed by atoms with van der Waals surface area (Å²) in [6.45, 7) is 1.68. The number of nitrogens with one attached hydrogen (secondary N) is 2. The molecule has 5 heteroatoms. The van der Waals surface area contributed by atoms with Crippen molar-refractivity contribution >= 4 is 10.9 Å². The van der Waals surface area contributed by atoms with E-state index < -0.39 is 10.9 Å². The maximum absolute atomic E-state index is 10.1. The summed E-state index contributed by atoms with van der Waals surface area (Å²) in [5.74, 6) is 0. The summed E-state index contributed by atoms with van der Waals surface area (Å²) >= 11 is 0. The van der Waals surface area contributed by atoms with Gasteiger partial charge in [-0.15, -0.1) is 0 Å². The maximum atomic E-state index is 10.1. The SMILES string of the molecule is O=[SH](=O)NC1CCNC1. The van der Waals surface area contributed by atoms with E-state index >= 15 is 0 Å². The quantitative estimate of drug-likeness (QED) is 0.418. The molecule has 4 nitrogen and oxygen atoms in total. The zero-order valence-corrected chi connectivity index (χ0v) is 5.86. The van der Waals surface area contributed by atoms with Crippen LogP contribution >= 0.6 is 0 Å². The lowest BCUT2D eigenvalue weighted by atomic mass is 10.3. The van der Waals surface area contributed by atoms with E-state index in [1.165, 1.54) is 0 Å². The Bertz CT molecular complexity index is 143. The molecule has 2 N–H and O–H groups in total. The Balaban J connectivity index is 2.27. The van der Waals surface area contributed by atoms with E-state index in [1.54, 1.807) is 0 Å². The molecule has 1 saturated heterocycles. The molecule has 1 rings (SSSR count). The van der Waals surface area contributed by atoms with Crippen LogP contribution in [0.15, 0.2) is 0 Å². The monoisotopic (exact) mass is 150 g/mol. The highest BCUT2D eigenvalue weighted by atomic mass is 32.2. The van der Waals surface area contributed by atoms with Gasteiger partial charge in [0.25, 0.3) is 0 Å². The van der Waals surface area contributed by atoms with Gasteiger partial charge in [-0.1, -0.05) is 0 Å². The van der Waals surface area contributed by atoms with E-state index in [4.69, 9.17) is 0 Å². The molecule has 9 heavy (non-hydrogen) atoms. The van der Waals surface area contributed by atoms with E-state index in [9.17, 15) is 8.42 Å². The molecule has 0 amide bonds. The van der Waals surface area contributed by atoms with Crippen LogP contribution in [0, 0.1) is 0 Å². The van der Waals surface area contributed by atoms with Crippen LogP contribution in [0.4, 0.5) is 0 Å². The predicted octanol–water partition coefficient (Wildman–Crippen LogP) is -1.54. The Kier molecular flexibility index (Phi) is 2.44. The van der Waals surface area contributed by atoms with Crippen molar-refractivity contribution in [2.75, 3.05) is 13.1 Å². The first kappa shape index (κ1) is 6.98. The Morgan fingerprint density at radius 3 is 2.78 bits per heavy atom. The number of hydrogen-bond acceptors (Lipinski definition) is 3. The van der Waals surface area contributed by atoms with Crippen molar-refractivity contribution in [3.8, 4) is 0 Å². The predicted molar refractivity (Wildman–Crippen MR) is 34.7 cm³/mol. The third kappa shape index (κ3) is 2.30. The second kappa shape index (κ2) is 3.14. The molecule has 0 aromatic heterocycles. The Morgan fingerprint density at radius 1 is 1.56 bits per heavy atom. The smallest absolute Gasteiger partial charge is 0.201 e. The third-order valence-electron chi connectivity index (χ3n) is 1.35. The molecular weight excluding hydrogens is 140 g/mol. The average molecular weight is 150 g/mol. The molecular formula is C4H10N2O2S. The fourth-order valence-electron chi connectivity index (χ4n) is 0.914. The lowest BCUT2D eigenvalue weighted by Gasteiger charge is -2.01. The highest BCUT2D eigenvalue weighted by molar-refractivity contribution is 7.70. The average Bonchev–Trinajstić information content (AvgIpc) is 2.15. The molecule has 0 saturated carbocycles. The van der Waals surface area contributed by atoms with Gasteiger partial charge < -0.3 is 5.32 Å². The van der Waals surface area contributed by atoms with Gasteiger partial charge in [0.1, 0.15) is 0 Å². The van der Waals surface area contributed by atoms with Crippen LogP contribution in [0.25, 0.3) is 0 Å². The molecule has 1 unspecified atom stereocenters. The third-order valence-corrected chi connectivity index (χ3v) is 1.92. The minimum absolute atomic E-state index is 0.131. The molecule has 1 atom stereocenters. The van der Waals surface area contributed by atoms with Crippen LogP contribution in [-0.2, 0) is 10.9 Å². The lowest BCUT2D eigenvalue weighted by Crippen LogP contribution is -2.29. The number of hydrogen-bond donors (Lipinski definition) is 3.